The third kappa shape index (κ3) is 3.01. The molecule has 2 atom stereocenters. The molecule has 1 fully saturated rings. The molecule has 1 N–H and O–H groups in total. The van der Waals surface area contributed by atoms with Crippen molar-refractivity contribution in [3.63, 3.8) is 0 Å². The van der Waals surface area contributed by atoms with Crippen molar-refractivity contribution in [1.82, 2.24) is 10.2 Å². The molecule has 1 saturated heterocycles. The molecule has 3 nitrogen and oxygen atoms in total. The predicted molar refractivity (Wildman–Crippen MR) is 71.7 cm³/mol. The molecule has 0 aromatic carbocycles. The lowest BCUT2D eigenvalue weighted by Gasteiger charge is -2.27. The monoisotopic (exact) mass is 240 g/mol. The average molecular weight is 240 g/mol. The lowest BCUT2D eigenvalue weighted by Crippen LogP contribution is -2.45. The molecule has 1 aliphatic rings. The van der Waals surface area contributed by atoms with E-state index in [1.807, 2.05) is 6.92 Å². The number of hydrogen-bond donors (Lipinski definition) is 1. The Balaban J connectivity index is 2.73. The molecule has 1 rings (SSSR count). The van der Waals surface area contributed by atoms with Crippen LogP contribution >= 0.6 is 0 Å². The summed E-state index contributed by atoms with van der Waals surface area (Å²) in [5, 5.41) is 3.52. The summed E-state index contributed by atoms with van der Waals surface area (Å²) < 4.78 is 0. The van der Waals surface area contributed by atoms with Gasteiger partial charge in [0.1, 0.15) is 0 Å². The van der Waals surface area contributed by atoms with E-state index < -0.39 is 0 Å². The van der Waals surface area contributed by atoms with Gasteiger partial charge < -0.3 is 4.90 Å². The highest BCUT2D eigenvalue weighted by molar-refractivity contribution is 5.88. The summed E-state index contributed by atoms with van der Waals surface area (Å²) in [6.45, 7) is 11.6. The second-order valence-electron chi connectivity index (χ2n) is 5.72. The quantitative estimate of drug-likeness (QED) is 0.724. The Morgan fingerprint density at radius 1 is 1.35 bits per heavy atom. The fourth-order valence-electron chi connectivity index (χ4n) is 2.46. The largest absolute Gasteiger partial charge is 0.325 e. The van der Waals surface area contributed by atoms with E-state index in [-0.39, 0.29) is 17.6 Å². The van der Waals surface area contributed by atoms with Crippen molar-refractivity contribution in [2.75, 3.05) is 6.54 Å². The third-order valence-corrected chi connectivity index (χ3v) is 3.88. The molecule has 1 aliphatic heterocycles. The first-order valence-electron chi connectivity index (χ1n) is 7.05. The Bertz CT molecular complexity index is 265. The molecule has 2 unspecified atom stereocenters. The number of unbranched alkanes of at least 4 members (excludes halogenated alkanes) is 2. The normalized spacial score (nSPS) is 29.4. The molecule has 0 radical (unpaired) electrons. The molecule has 1 amide bonds. The van der Waals surface area contributed by atoms with Gasteiger partial charge in [-0.2, -0.15) is 0 Å². The van der Waals surface area contributed by atoms with Crippen LogP contribution in [0.5, 0.6) is 0 Å². The fourth-order valence-corrected chi connectivity index (χ4v) is 2.46. The Morgan fingerprint density at radius 3 is 2.47 bits per heavy atom. The topological polar surface area (TPSA) is 32.3 Å². The molecular formula is C14H28N2O. The maximum absolute atomic E-state index is 12.4. The summed E-state index contributed by atoms with van der Waals surface area (Å²) in [4.78, 5) is 14.5. The van der Waals surface area contributed by atoms with Crippen molar-refractivity contribution < 1.29 is 4.79 Å². The Labute approximate surface area is 106 Å². The van der Waals surface area contributed by atoms with Crippen LogP contribution in [-0.4, -0.2) is 29.1 Å². The number of nitrogens with one attached hydrogen (secondary N) is 1. The second kappa shape index (κ2) is 5.85. The van der Waals surface area contributed by atoms with E-state index in [2.05, 4.69) is 37.9 Å². The average Bonchev–Trinajstić information content (AvgIpc) is 2.55. The molecule has 0 saturated carbocycles. The molecule has 0 aromatic rings. The molecule has 0 spiro atoms. The lowest BCUT2D eigenvalue weighted by molar-refractivity contribution is -0.133. The summed E-state index contributed by atoms with van der Waals surface area (Å²) >= 11 is 0. The van der Waals surface area contributed by atoms with Gasteiger partial charge in [0.25, 0.3) is 0 Å². The Kier molecular flexibility index (Phi) is 4.99. The summed E-state index contributed by atoms with van der Waals surface area (Å²) in [5.74, 6) is 0.753. The minimum Gasteiger partial charge on any atom is -0.325 e. The minimum atomic E-state index is -0.346. The summed E-state index contributed by atoms with van der Waals surface area (Å²) in [6.07, 6.45) is 4.60. The van der Waals surface area contributed by atoms with E-state index >= 15 is 0 Å². The second-order valence-corrected chi connectivity index (χ2v) is 5.72. The van der Waals surface area contributed by atoms with Crippen LogP contribution in [0.3, 0.4) is 0 Å². The van der Waals surface area contributed by atoms with E-state index in [9.17, 15) is 4.79 Å². The van der Waals surface area contributed by atoms with Crippen molar-refractivity contribution in [2.45, 2.75) is 72.0 Å². The number of nitrogens with zero attached hydrogens (tertiary/aromatic N) is 1. The fraction of sp³-hybridized carbons (Fsp3) is 0.929. The van der Waals surface area contributed by atoms with E-state index in [0.717, 1.165) is 19.4 Å². The van der Waals surface area contributed by atoms with Crippen LogP contribution < -0.4 is 5.32 Å². The standard InChI is InChI=1S/C14H28N2O/c1-6-8-9-10-16-12(11(3)4)15-14(5,7-2)13(16)17/h11-12,15H,6-10H2,1-5H3. The van der Waals surface area contributed by atoms with Gasteiger partial charge in [-0.15, -0.1) is 0 Å². The highest BCUT2D eigenvalue weighted by Crippen LogP contribution is 2.27. The number of amides is 1. The van der Waals surface area contributed by atoms with Crippen molar-refractivity contribution in [3.8, 4) is 0 Å². The molecular weight excluding hydrogens is 212 g/mol. The van der Waals surface area contributed by atoms with E-state index in [0.29, 0.717) is 5.92 Å². The first-order chi connectivity index (χ1) is 7.96. The van der Waals surface area contributed by atoms with Crippen LogP contribution in [-0.2, 0) is 4.79 Å². The van der Waals surface area contributed by atoms with E-state index in [1.54, 1.807) is 0 Å². The molecule has 0 aromatic heterocycles. The van der Waals surface area contributed by atoms with Crippen molar-refractivity contribution in [1.29, 1.82) is 0 Å². The highest BCUT2D eigenvalue weighted by atomic mass is 16.2. The third-order valence-electron chi connectivity index (χ3n) is 3.88. The van der Waals surface area contributed by atoms with Crippen molar-refractivity contribution in [3.05, 3.63) is 0 Å². The molecule has 100 valence electrons. The van der Waals surface area contributed by atoms with Gasteiger partial charge in [-0.1, -0.05) is 40.5 Å². The van der Waals surface area contributed by atoms with Gasteiger partial charge in [0, 0.05) is 6.54 Å². The predicted octanol–water partition coefficient (Wildman–Crippen LogP) is 2.76. The zero-order chi connectivity index (χ0) is 13.1. The van der Waals surface area contributed by atoms with Crippen molar-refractivity contribution >= 4 is 5.91 Å². The van der Waals surface area contributed by atoms with Crippen LogP contribution in [0, 0.1) is 5.92 Å². The number of hydrogen-bond acceptors (Lipinski definition) is 2. The van der Waals surface area contributed by atoms with Gasteiger partial charge in [0.15, 0.2) is 0 Å². The molecule has 3 heteroatoms. The van der Waals surface area contributed by atoms with Crippen LogP contribution in [0.2, 0.25) is 0 Å². The Hall–Kier alpha value is -0.570. The highest BCUT2D eigenvalue weighted by Gasteiger charge is 2.47. The molecule has 0 bridgehead atoms. The van der Waals surface area contributed by atoms with E-state index in [1.165, 1.54) is 12.8 Å². The number of carbonyl (C=O) groups excluding carboxylic acids is 1. The first kappa shape index (κ1) is 14.5. The van der Waals surface area contributed by atoms with Gasteiger partial charge in [0.2, 0.25) is 5.91 Å². The van der Waals surface area contributed by atoms with Gasteiger partial charge in [-0.05, 0) is 25.7 Å². The summed E-state index contributed by atoms with van der Waals surface area (Å²) in [7, 11) is 0. The van der Waals surface area contributed by atoms with Gasteiger partial charge in [-0.25, -0.2) is 0 Å². The van der Waals surface area contributed by atoms with E-state index in [4.69, 9.17) is 0 Å². The van der Waals surface area contributed by atoms with Gasteiger partial charge in [-0.3, -0.25) is 10.1 Å². The van der Waals surface area contributed by atoms with Crippen LogP contribution in [0.1, 0.15) is 60.3 Å². The number of rotatable bonds is 6. The molecule has 0 aliphatic carbocycles. The zero-order valence-corrected chi connectivity index (χ0v) is 12.0. The lowest BCUT2D eigenvalue weighted by atomic mass is 9.99. The number of carbonyl (C=O) groups is 1. The first-order valence-corrected chi connectivity index (χ1v) is 7.05. The van der Waals surface area contributed by atoms with Gasteiger partial charge >= 0.3 is 0 Å². The zero-order valence-electron chi connectivity index (χ0n) is 12.0. The molecule has 1 heterocycles. The summed E-state index contributed by atoms with van der Waals surface area (Å²) in [5.41, 5.74) is -0.346. The van der Waals surface area contributed by atoms with Gasteiger partial charge in [0.05, 0.1) is 11.7 Å². The minimum absolute atomic E-state index is 0.212. The SMILES string of the molecule is CCCCCN1C(=O)C(C)(CC)NC1C(C)C. The van der Waals surface area contributed by atoms with Crippen LogP contribution in [0.15, 0.2) is 0 Å². The maximum Gasteiger partial charge on any atom is 0.243 e. The van der Waals surface area contributed by atoms with Crippen LogP contribution in [0.25, 0.3) is 0 Å². The van der Waals surface area contributed by atoms with Crippen LogP contribution in [0.4, 0.5) is 0 Å². The smallest absolute Gasteiger partial charge is 0.243 e. The van der Waals surface area contributed by atoms with Crippen molar-refractivity contribution in [2.24, 2.45) is 5.92 Å². The summed E-state index contributed by atoms with van der Waals surface area (Å²) in [6, 6.07) is 0. The maximum atomic E-state index is 12.4. The Morgan fingerprint density at radius 2 is 2.00 bits per heavy atom. The molecule has 17 heavy (non-hydrogen) atoms.